The van der Waals surface area contributed by atoms with E-state index in [4.69, 9.17) is 11.5 Å². The Morgan fingerprint density at radius 3 is 2.54 bits per heavy atom. The molecule has 0 fully saturated rings. The maximum absolute atomic E-state index is 14.9. The SMILES string of the molecule is CN(C)c1nn(C)c2ccc(Nc3nc(N[C@@H](CN)Cc4ccccc4)c(F)cc3C(N)=O)cc12. The Hall–Kier alpha value is -4.18. The van der Waals surface area contributed by atoms with E-state index in [0.29, 0.717) is 12.1 Å². The molecule has 0 bridgehead atoms. The third-order valence-electron chi connectivity index (χ3n) is 5.71. The van der Waals surface area contributed by atoms with Gasteiger partial charge in [-0.1, -0.05) is 30.3 Å². The summed E-state index contributed by atoms with van der Waals surface area (Å²) in [7, 11) is 5.70. The van der Waals surface area contributed by atoms with E-state index in [0.717, 1.165) is 28.4 Å². The number of nitrogens with one attached hydrogen (secondary N) is 2. The van der Waals surface area contributed by atoms with Crippen molar-refractivity contribution in [3.05, 3.63) is 71.5 Å². The zero-order chi connectivity index (χ0) is 25.1. The summed E-state index contributed by atoms with van der Waals surface area (Å²) >= 11 is 0. The molecule has 4 aromatic rings. The van der Waals surface area contributed by atoms with Gasteiger partial charge in [-0.3, -0.25) is 9.48 Å². The van der Waals surface area contributed by atoms with Gasteiger partial charge in [0.05, 0.1) is 11.1 Å². The van der Waals surface area contributed by atoms with Crippen molar-refractivity contribution in [1.82, 2.24) is 14.8 Å². The van der Waals surface area contributed by atoms with E-state index in [9.17, 15) is 9.18 Å². The van der Waals surface area contributed by atoms with Crippen LogP contribution < -0.4 is 27.0 Å². The lowest BCUT2D eigenvalue weighted by Gasteiger charge is -2.19. The molecule has 182 valence electrons. The highest BCUT2D eigenvalue weighted by Crippen LogP contribution is 2.30. The van der Waals surface area contributed by atoms with Crippen LogP contribution in [-0.4, -0.2) is 47.4 Å². The van der Waals surface area contributed by atoms with Gasteiger partial charge in [-0.2, -0.15) is 5.10 Å². The summed E-state index contributed by atoms with van der Waals surface area (Å²) in [4.78, 5) is 18.4. The molecule has 9 nitrogen and oxygen atoms in total. The van der Waals surface area contributed by atoms with Gasteiger partial charge in [0.2, 0.25) is 0 Å². The Labute approximate surface area is 202 Å². The maximum atomic E-state index is 14.9. The summed E-state index contributed by atoms with van der Waals surface area (Å²) < 4.78 is 16.7. The lowest BCUT2D eigenvalue weighted by molar-refractivity contribution is 0.100. The number of nitrogens with two attached hydrogens (primary N) is 2. The Morgan fingerprint density at radius 1 is 1.14 bits per heavy atom. The van der Waals surface area contributed by atoms with Crippen molar-refractivity contribution in [2.24, 2.45) is 18.5 Å². The van der Waals surface area contributed by atoms with Crippen LogP contribution in [0.5, 0.6) is 0 Å². The number of nitrogens with zero attached hydrogens (tertiary/aromatic N) is 4. The standard InChI is InChI=1S/C25H29FN8O/c1-33(2)25-18-12-16(9-10-21(18)34(3)32-25)29-23-19(22(28)35)13-20(26)24(31-23)30-17(14-27)11-15-7-5-4-6-8-15/h4-10,12-13,17H,11,14,27H2,1-3H3,(H2,28,35)(H2,29,30,31)/t17-/m1/s1. The predicted molar refractivity (Wildman–Crippen MR) is 138 cm³/mol. The first kappa shape index (κ1) is 24.0. The van der Waals surface area contributed by atoms with Crippen LogP contribution in [-0.2, 0) is 13.5 Å². The molecule has 0 spiro atoms. The van der Waals surface area contributed by atoms with Crippen LogP contribution >= 0.6 is 0 Å². The lowest BCUT2D eigenvalue weighted by atomic mass is 10.1. The maximum Gasteiger partial charge on any atom is 0.252 e. The molecule has 0 unspecified atom stereocenters. The molecule has 0 aliphatic carbocycles. The number of carbonyl (C=O) groups excluding carboxylic acids is 1. The largest absolute Gasteiger partial charge is 0.365 e. The van der Waals surface area contributed by atoms with Crippen molar-refractivity contribution in [3.63, 3.8) is 0 Å². The van der Waals surface area contributed by atoms with E-state index < -0.39 is 11.7 Å². The fourth-order valence-electron chi connectivity index (χ4n) is 3.95. The van der Waals surface area contributed by atoms with Gasteiger partial charge in [0.1, 0.15) is 5.82 Å². The zero-order valence-corrected chi connectivity index (χ0v) is 19.9. The second kappa shape index (κ2) is 9.98. The Morgan fingerprint density at radius 2 is 1.89 bits per heavy atom. The van der Waals surface area contributed by atoms with Crippen LogP contribution in [0.25, 0.3) is 10.9 Å². The van der Waals surface area contributed by atoms with Gasteiger partial charge in [0, 0.05) is 44.8 Å². The molecule has 0 saturated heterocycles. The van der Waals surface area contributed by atoms with Crippen molar-refractivity contribution < 1.29 is 9.18 Å². The van der Waals surface area contributed by atoms with Crippen molar-refractivity contribution >= 4 is 40.0 Å². The topological polar surface area (TPSA) is 127 Å². The second-order valence-corrected chi connectivity index (χ2v) is 8.54. The molecular weight excluding hydrogens is 447 g/mol. The Bertz CT molecular complexity index is 1350. The molecule has 0 radical (unpaired) electrons. The van der Waals surface area contributed by atoms with Gasteiger partial charge in [-0.05, 0) is 36.2 Å². The van der Waals surface area contributed by atoms with E-state index in [1.54, 1.807) is 4.68 Å². The number of anilines is 4. The average molecular weight is 477 g/mol. The summed E-state index contributed by atoms with van der Waals surface area (Å²) in [5.41, 5.74) is 14.1. The highest BCUT2D eigenvalue weighted by Gasteiger charge is 2.19. The number of rotatable bonds is 9. The monoisotopic (exact) mass is 476 g/mol. The number of hydrogen-bond donors (Lipinski definition) is 4. The number of halogens is 1. The fourth-order valence-corrected chi connectivity index (χ4v) is 3.95. The summed E-state index contributed by atoms with van der Waals surface area (Å²) in [6, 6.07) is 16.2. The first-order chi connectivity index (χ1) is 16.8. The Balaban J connectivity index is 1.67. The number of carbonyl (C=O) groups is 1. The van der Waals surface area contributed by atoms with E-state index in [2.05, 4.69) is 20.7 Å². The molecule has 2 heterocycles. The van der Waals surface area contributed by atoms with Crippen molar-refractivity contribution in [3.8, 4) is 0 Å². The highest BCUT2D eigenvalue weighted by atomic mass is 19.1. The van der Waals surface area contributed by atoms with Crippen molar-refractivity contribution in [1.29, 1.82) is 0 Å². The number of aromatic nitrogens is 3. The fraction of sp³-hybridized carbons (Fsp3) is 0.240. The van der Waals surface area contributed by atoms with Crippen LogP contribution in [0.4, 0.5) is 27.5 Å². The number of fused-ring (bicyclic) bond motifs is 1. The van der Waals surface area contributed by atoms with E-state index in [1.165, 1.54) is 0 Å². The van der Waals surface area contributed by atoms with E-state index in [-0.39, 0.29) is 29.8 Å². The number of primary amides is 1. The van der Waals surface area contributed by atoms with E-state index in [1.807, 2.05) is 74.6 Å². The third kappa shape index (κ3) is 5.17. The minimum atomic E-state index is -0.790. The molecule has 1 atom stereocenters. The first-order valence-corrected chi connectivity index (χ1v) is 11.2. The molecule has 2 aromatic carbocycles. The molecule has 0 aliphatic rings. The van der Waals surface area contributed by atoms with Gasteiger partial charge < -0.3 is 27.0 Å². The van der Waals surface area contributed by atoms with Gasteiger partial charge in [0.15, 0.2) is 17.5 Å². The van der Waals surface area contributed by atoms with Gasteiger partial charge in [-0.15, -0.1) is 0 Å². The molecular formula is C25H29FN8O. The van der Waals surface area contributed by atoms with Crippen LogP contribution in [0.2, 0.25) is 0 Å². The van der Waals surface area contributed by atoms with Crippen LogP contribution in [0, 0.1) is 5.82 Å². The smallest absolute Gasteiger partial charge is 0.252 e. The molecule has 1 amide bonds. The summed E-state index contributed by atoms with van der Waals surface area (Å²) in [6.45, 7) is 0.265. The van der Waals surface area contributed by atoms with Crippen LogP contribution in [0.1, 0.15) is 15.9 Å². The normalized spacial score (nSPS) is 11.9. The predicted octanol–water partition coefficient (Wildman–Crippen LogP) is 3.00. The average Bonchev–Trinajstić information content (AvgIpc) is 3.17. The third-order valence-corrected chi connectivity index (χ3v) is 5.71. The van der Waals surface area contributed by atoms with Gasteiger partial charge in [-0.25, -0.2) is 9.37 Å². The minimum absolute atomic E-state index is 0.0136. The molecule has 4 rings (SSSR count). The zero-order valence-electron chi connectivity index (χ0n) is 19.9. The summed E-state index contributed by atoms with van der Waals surface area (Å²) in [5.74, 6) is -0.552. The highest BCUT2D eigenvalue weighted by molar-refractivity contribution is 5.99. The van der Waals surface area contributed by atoms with Crippen LogP contribution in [0.15, 0.2) is 54.6 Å². The summed E-state index contributed by atoms with van der Waals surface area (Å²) in [5, 5.41) is 11.6. The van der Waals surface area contributed by atoms with Crippen molar-refractivity contribution in [2.75, 3.05) is 36.2 Å². The second-order valence-electron chi connectivity index (χ2n) is 8.54. The molecule has 6 N–H and O–H groups in total. The summed E-state index contributed by atoms with van der Waals surface area (Å²) in [6.07, 6.45) is 0.587. The number of benzene rings is 2. The number of aryl methyl sites for hydroxylation is 1. The van der Waals surface area contributed by atoms with E-state index >= 15 is 0 Å². The van der Waals surface area contributed by atoms with Crippen LogP contribution in [0.3, 0.4) is 0 Å². The number of pyridine rings is 1. The molecule has 35 heavy (non-hydrogen) atoms. The first-order valence-electron chi connectivity index (χ1n) is 11.2. The van der Waals surface area contributed by atoms with Gasteiger partial charge in [0.25, 0.3) is 5.91 Å². The molecule has 0 saturated carbocycles. The number of hydrogen-bond acceptors (Lipinski definition) is 7. The lowest BCUT2D eigenvalue weighted by Crippen LogP contribution is -2.32. The molecule has 0 aliphatic heterocycles. The quantitative estimate of drug-likeness (QED) is 0.292. The van der Waals surface area contributed by atoms with Gasteiger partial charge >= 0.3 is 0 Å². The number of amides is 1. The molecule has 10 heteroatoms. The van der Waals surface area contributed by atoms with Crippen molar-refractivity contribution in [2.45, 2.75) is 12.5 Å². The Kier molecular flexibility index (Phi) is 6.83. The minimum Gasteiger partial charge on any atom is -0.365 e. The molecule has 2 aromatic heterocycles.